The van der Waals surface area contributed by atoms with Crippen molar-refractivity contribution in [3.63, 3.8) is 0 Å². The molecule has 1 heterocycles. The first-order chi connectivity index (χ1) is 26.1. The van der Waals surface area contributed by atoms with Gasteiger partial charge in [-0.05, 0) is 59.7 Å². The number of benzene rings is 4. The number of hydrogen-bond donors (Lipinski definition) is 2. The lowest BCUT2D eigenvalue weighted by atomic mass is 10.0. The predicted octanol–water partition coefficient (Wildman–Crippen LogP) is 3.52. The van der Waals surface area contributed by atoms with Crippen molar-refractivity contribution in [1.29, 1.82) is 0 Å². The summed E-state index contributed by atoms with van der Waals surface area (Å²) in [6.45, 7) is -0.197. The summed E-state index contributed by atoms with van der Waals surface area (Å²) in [7, 11) is 6.39. The highest BCUT2D eigenvalue weighted by molar-refractivity contribution is 6.00. The second-order valence-corrected chi connectivity index (χ2v) is 12.9. The molecule has 0 bridgehead atoms. The average Bonchev–Trinajstić information content (AvgIpc) is 3.53. The lowest BCUT2D eigenvalue weighted by molar-refractivity contribution is -0.127. The molecule has 2 atom stereocenters. The van der Waals surface area contributed by atoms with Crippen LogP contribution in [0.4, 0.5) is 16.2 Å². The van der Waals surface area contributed by atoms with Gasteiger partial charge in [0.2, 0.25) is 23.6 Å². The highest BCUT2D eigenvalue weighted by atomic mass is 16.5. The summed E-state index contributed by atoms with van der Waals surface area (Å²) in [6, 6.07) is 30.4. The summed E-state index contributed by atoms with van der Waals surface area (Å²) < 4.78 is 10.5. The minimum Gasteiger partial charge on any atom is -0.497 e. The molecule has 4 aromatic carbocycles. The molecule has 0 aromatic heterocycles. The van der Waals surface area contributed by atoms with Crippen LogP contribution in [0.5, 0.6) is 11.5 Å². The number of urea groups is 1. The molecule has 1 aliphatic heterocycles. The smallest absolute Gasteiger partial charge is 0.321 e. The van der Waals surface area contributed by atoms with Crippen molar-refractivity contribution in [2.75, 3.05) is 64.3 Å². The molecule has 4 aromatic rings. The van der Waals surface area contributed by atoms with E-state index in [1.165, 1.54) is 19.6 Å². The minimum absolute atomic E-state index is 0.204. The number of ether oxygens (including phenoxy) is 2. The largest absolute Gasteiger partial charge is 0.497 e. The zero-order valence-corrected chi connectivity index (χ0v) is 30.9. The Hall–Kier alpha value is -6.37. The molecule has 0 radical (unpaired) electrons. The molecule has 13 nitrogen and oxygen atoms in total. The number of methoxy groups -OCH3 is 2. The monoisotopic (exact) mass is 734 g/mol. The normalized spacial score (nSPS) is 13.4. The van der Waals surface area contributed by atoms with Crippen LogP contribution in [0, 0.1) is 0 Å². The molecule has 2 N–H and O–H groups in total. The Morgan fingerprint density at radius 1 is 0.593 bits per heavy atom. The van der Waals surface area contributed by atoms with E-state index >= 15 is 0 Å². The van der Waals surface area contributed by atoms with Gasteiger partial charge in [0.1, 0.15) is 36.7 Å². The van der Waals surface area contributed by atoms with Crippen molar-refractivity contribution >= 4 is 41.0 Å². The highest BCUT2D eigenvalue weighted by Crippen LogP contribution is 2.21. The third-order valence-electron chi connectivity index (χ3n) is 9.26. The Bertz CT molecular complexity index is 1750. The van der Waals surface area contributed by atoms with Gasteiger partial charge in [-0.3, -0.25) is 19.2 Å². The van der Waals surface area contributed by atoms with Gasteiger partial charge in [0.25, 0.3) is 0 Å². The SMILES string of the molecule is COc1ccc(N(C)C(=O)C(Cc2ccccc2)NC(=O)CN2CCN(CC(=O)N[C@@H](Cc3ccccc3)C(=O)N(C)c3ccc(OC)cc3)C2=O)cc1. The second kappa shape index (κ2) is 18.4. The second-order valence-electron chi connectivity index (χ2n) is 12.9. The van der Waals surface area contributed by atoms with E-state index in [9.17, 15) is 24.0 Å². The molecule has 1 saturated heterocycles. The van der Waals surface area contributed by atoms with Crippen molar-refractivity contribution in [3.8, 4) is 11.5 Å². The van der Waals surface area contributed by atoms with Gasteiger partial charge < -0.3 is 39.7 Å². The Kier molecular flexibility index (Phi) is 13.2. The van der Waals surface area contributed by atoms with Gasteiger partial charge in [0.15, 0.2) is 0 Å². The number of nitrogens with zero attached hydrogens (tertiary/aromatic N) is 4. The van der Waals surface area contributed by atoms with Crippen molar-refractivity contribution in [1.82, 2.24) is 20.4 Å². The van der Waals surface area contributed by atoms with E-state index in [-0.39, 0.29) is 50.8 Å². The van der Waals surface area contributed by atoms with Gasteiger partial charge in [-0.25, -0.2) is 4.79 Å². The number of likely N-dealkylation sites (N-methyl/N-ethyl adjacent to an activating group) is 2. The van der Waals surface area contributed by atoms with Crippen molar-refractivity contribution in [3.05, 3.63) is 120 Å². The van der Waals surface area contributed by atoms with Gasteiger partial charge in [0, 0.05) is 51.4 Å². The molecule has 6 amide bonds. The minimum atomic E-state index is -0.915. The van der Waals surface area contributed by atoms with E-state index in [2.05, 4.69) is 10.6 Å². The fourth-order valence-electron chi connectivity index (χ4n) is 6.19. The lowest BCUT2D eigenvalue weighted by Crippen LogP contribution is -2.52. The number of amides is 6. The maximum absolute atomic E-state index is 13.7. The zero-order valence-electron chi connectivity index (χ0n) is 30.9. The molecule has 13 heteroatoms. The quantitative estimate of drug-likeness (QED) is 0.180. The molecule has 0 saturated carbocycles. The Morgan fingerprint density at radius 3 is 1.28 bits per heavy atom. The summed E-state index contributed by atoms with van der Waals surface area (Å²) in [5.74, 6) is -0.396. The van der Waals surface area contributed by atoms with Crippen molar-refractivity contribution < 1.29 is 33.4 Å². The highest BCUT2D eigenvalue weighted by Gasteiger charge is 2.34. The van der Waals surface area contributed by atoms with E-state index in [1.54, 1.807) is 76.8 Å². The Balaban J connectivity index is 1.21. The van der Waals surface area contributed by atoms with Crippen LogP contribution in [0.3, 0.4) is 0 Å². The molecule has 1 fully saturated rings. The van der Waals surface area contributed by atoms with Crippen LogP contribution in [0.25, 0.3) is 0 Å². The van der Waals surface area contributed by atoms with Gasteiger partial charge in [-0.1, -0.05) is 60.7 Å². The topological polar surface area (TPSA) is 141 Å². The fraction of sp³-hybridized carbons (Fsp3) is 0.293. The van der Waals surface area contributed by atoms with E-state index in [1.807, 2.05) is 60.7 Å². The third kappa shape index (κ3) is 10.1. The molecular weight excluding hydrogens is 688 g/mol. The van der Waals surface area contributed by atoms with E-state index < -0.39 is 29.9 Å². The first-order valence-corrected chi connectivity index (χ1v) is 17.6. The summed E-state index contributed by atoms with van der Waals surface area (Å²) in [4.78, 5) is 73.3. The number of carbonyl (C=O) groups excluding carboxylic acids is 5. The van der Waals surface area contributed by atoms with Gasteiger partial charge in [-0.15, -0.1) is 0 Å². The van der Waals surface area contributed by atoms with E-state index in [0.717, 1.165) is 11.1 Å². The molecule has 0 aliphatic carbocycles. The summed E-state index contributed by atoms with van der Waals surface area (Å²) in [5.41, 5.74) is 2.95. The third-order valence-corrected chi connectivity index (χ3v) is 9.26. The van der Waals surface area contributed by atoms with Gasteiger partial charge in [0.05, 0.1) is 14.2 Å². The van der Waals surface area contributed by atoms with E-state index in [0.29, 0.717) is 22.9 Å². The molecule has 54 heavy (non-hydrogen) atoms. The Morgan fingerprint density at radius 2 is 0.944 bits per heavy atom. The number of hydrogen-bond acceptors (Lipinski definition) is 7. The van der Waals surface area contributed by atoms with Crippen LogP contribution >= 0.6 is 0 Å². The first kappa shape index (κ1) is 38.9. The molecular formula is C41H46N6O7. The standard InChI is InChI=1S/C41H46N6O7/c1-44(31-15-19-33(53-3)20-16-31)39(50)35(25-29-11-7-5-8-12-29)42-37(48)27-46-23-24-47(41(46)52)28-38(49)43-36(26-30-13-9-6-10-14-30)40(51)45(2)32-17-21-34(54-4)22-18-32/h5-22,35-36H,23-28H2,1-4H3,(H,42,48)(H,43,49)/t35-,36?/m0/s1. The summed E-state index contributed by atoms with van der Waals surface area (Å²) >= 11 is 0. The fourth-order valence-corrected chi connectivity index (χ4v) is 6.19. The first-order valence-electron chi connectivity index (χ1n) is 17.6. The average molecular weight is 735 g/mol. The predicted molar refractivity (Wildman–Crippen MR) is 206 cm³/mol. The number of carbonyl (C=O) groups is 5. The zero-order chi connectivity index (χ0) is 38.6. The summed E-state index contributed by atoms with van der Waals surface area (Å²) in [6.07, 6.45) is 0.478. The van der Waals surface area contributed by atoms with Crippen LogP contribution in [-0.2, 0) is 32.0 Å². The molecule has 0 spiro atoms. The van der Waals surface area contributed by atoms with Crippen molar-refractivity contribution in [2.24, 2.45) is 0 Å². The number of rotatable bonds is 16. The van der Waals surface area contributed by atoms with E-state index in [4.69, 9.17) is 9.47 Å². The Labute approximate surface area is 315 Å². The molecule has 282 valence electrons. The molecule has 5 rings (SSSR count). The maximum Gasteiger partial charge on any atom is 0.321 e. The molecule has 1 aliphatic rings. The number of anilines is 2. The van der Waals surface area contributed by atoms with Crippen LogP contribution in [0.1, 0.15) is 11.1 Å². The summed E-state index contributed by atoms with van der Waals surface area (Å²) in [5, 5.41) is 5.68. The van der Waals surface area contributed by atoms with Crippen LogP contribution in [-0.4, -0.2) is 106 Å². The van der Waals surface area contributed by atoms with Crippen LogP contribution in [0.2, 0.25) is 0 Å². The van der Waals surface area contributed by atoms with Crippen molar-refractivity contribution in [2.45, 2.75) is 24.9 Å². The van der Waals surface area contributed by atoms with Gasteiger partial charge >= 0.3 is 6.03 Å². The number of nitrogens with one attached hydrogen (secondary N) is 2. The van der Waals surface area contributed by atoms with Gasteiger partial charge in [-0.2, -0.15) is 0 Å². The lowest BCUT2D eigenvalue weighted by Gasteiger charge is -2.26. The van der Waals surface area contributed by atoms with Crippen LogP contribution < -0.4 is 29.9 Å². The van der Waals surface area contributed by atoms with Crippen LogP contribution in [0.15, 0.2) is 109 Å². The maximum atomic E-state index is 13.7. The molecule has 1 unspecified atom stereocenters.